The third-order valence-electron chi connectivity index (χ3n) is 4.58. The summed E-state index contributed by atoms with van der Waals surface area (Å²) in [7, 11) is 0. The maximum Gasteiger partial charge on any atom is 0.293 e. The zero-order valence-electron chi connectivity index (χ0n) is 16.4. The highest BCUT2D eigenvalue weighted by atomic mass is 19.1. The van der Waals surface area contributed by atoms with E-state index in [9.17, 15) is 24.6 Å². The Balaban J connectivity index is 1.83. The summed E-state index contributed by atoms with van der Waals surface area (Å²) in [4.78, 5) is 27.8. The Morgan fingerprint density at radius 2 is 1.94 bits per heavy atom. The van der Waals surface area contributed by atoms with Crippen LogP contribution in [0.5, 0.6) is 0 Å². The Morgan fingerprint density at radius 1 is 1.19 bits per heavy atom. The molecule has 0 bridgehead atoms. The largest absolute Gasteiger partial charge is 0.371 e. The number of halogens is 1. The normalized spacial score (nSPS) is 12.3. The van der Waals surface area contributed by atoms with Gasteiger partial charge in [-0.25, -0.2) is 4.39 Å². The van der Waals surface area contributed by atoms with Gasteiger partial charge in [0.25, 0.3) is 11.6 Å². The van der Waals surface area contributed by atoms with Crippen molar-refractivity contribution in [2.24, 2.45) is 0 Å². The van der Waals surface area contributed by atoms with Gasteiger partial charge in [0.1, 0.15) is 17.5 Å². The molecule has 1 aromatic heterocycles. The molecule has 0 saturated heterocycles. The van der Waals surface area contributed by atoms with Crippen LogP contribution in [0.3, 0.4) is 0 Å². The molecule has 0 radical (unpaired) electrons. The number of benzene rings is 2. The molecule has 2 aromatic carbocycles. The summed E-state index contributed by atoms with van der Waals surface area (Å²) >= 11 is 0. The Kier molecular flexibility index (Phi) is 6.52. The number of nitriles is 1. The van der Waals surface area contributed by atoms with E-state index in [4.69, 9.17) is 0 Å². The first-order valence-electron chi connectivity index (χ1n) is 9.31. The molecule has 0 aliphatic rings. The van der Waals surface area contributed by atoms with Crippen molar-refractivity contribution < 1.29 is 14.1 Å². The molecule has 1 heterocycles. The van der Waals surface area contributed by atoms with E-state index in [0.29, 0.717) is 5.69 Å². The number of nitrogens with zero attached hydrogens (tertiary/aromatic N) is 3. The van der Waals surface area contributed by atoms with E-state index in [-0.39, 0.29) is 28.5 Å². The second-order valence-electron chi connectivity index (χ2n) is 6.67. The van der Waals surface area contributed by atoms with Gasteiger partial charge in [-0.15, -0.1) is 0 Å². The monoisotopic (exact) mass is 419 g/mol. The van der Waals surface area contributed by atoms with E-state index in [1.807, 2.05) is 12.1 Å². The van der Waals surface area contributed by atoms with Crippen LogP contribution in [0, 0.1) is 27.3 Å². The van der Waals surface area contributed by atoms with Gasteiger partial charge < -0.3 is 10.6 Å². The van der Waals surface area contributed by atoms with E-state index in [0.717, 1.165) is 6.07 Å². The number of amides is 1. The van der Waals surface area contributed by atoms with Crippen LogP contribution < -0.4 is 10.6 Å². The Labute approximate surface area is 177 Å². The molecular formula is C22H18FN5O3. The first-order chi connectivity index (χ1) is 14.9. The molecular weight excluding hydrogens is 401 g/mol. The number of aromatic nitrogens is 1. The second-order valence-corrected chi connectivity index (χ2v) is 6.67. The summed E-state index contributed by atoms with van der Waals surface area (Å²) in [5.74, 6) is -1.37. The third-order valence-corrected chi connectivity index (χ3v) is 4.58. The minimum atomic E-state index is -1.24. The fourth-order valence-electron chi connectivity index (χ4n) is 2.99. The van der Waals surface area contributed by atoms with Crippen molar-refractivity contribution in [1.29, 1.82) is 5.26 Å². The fourth-order valence-corrected chi connectivity index (χ4v) is 2.99. The number of nitrogens with one attached hydrogen (secondary N) is 2. The first kappa shape index (κ1) is 21.4. The number of hydrogen-bond acceptors (Lipinski definition) is 6. The summed E-state index contributed by atoms with van der Waals surface area (Å²) in [6.45, 7) is 1.80. The van der Waals surface area contributed by atoms with E-state index in [2.05, 4.69) is 15.6 Å². The zero-order valence-corrected chi connectivity index (χ0v) is 16.4. The number of rotatable bonds is 7. The molecule has 0 saturated carbocycles. The van der Waals surface area contributed by atoms with Gasteiger partial charge >= 0.3 is 0 Å². The van der Waals surface area contributed by atoms with Crippen LogP contribution >= 0.6 is 0 Å². The van der Waals surface area contributed by atoms with E-state index >= 15 is 0 Å². The number of nitro groups is 1. The van der Waals surface area contributed by atoms with Crippen LogP contribution in [-0.4, -0.2) is 15.8 Å². The summed E-state index contributed by atoms with van der Waals surface area (Å²) in [5.41, 5.74) is 0.579. The molecule has 3 rings (SSSR count). The van der Waals surface area contributed by atoms with Crippen LogP contribution in [0.1, 0.15) is 40.6 Å². The average Bonchev–Trinajstić information content (AvgIpc) is 2.78. The molecule has 3 aromatic rings. The summed E-state index contributed by atoms with van der Waals surface area (Å²) in [6.07, 6.45) is 1.62. The third kappa shape index (κ3) is 5.00. The van der Waals surface area contributed by atoms with Crippen LogP contribution in [0.15, 0.2) is 66.9 Å². The van der Waals surface area contributed by atoms with Gasteiger partial charge in [0, 0.05) is 23.4 Å². The lowest BCUT2D eigenvalue weighted by Crippen LogP contribution is -2.28. The number of pyridine rings is 1. The topological polar surface area (TPSA) is 121 Å². The molecule has 8 nitrogen and oxygen atoms in total. The smallest absolute Gasteiger partial charge is 0.293 e. The SMILES string of the molecule is CC(Nc1ccc(C(=O)NC(C#N)c2ccccc2F)cc1[N+](=O)[O-])c1ccccn1. The van der Waals surface area contributed by atoms with Gasteiger partial charge in [-0.2, -0.15) is 5.26 Å². The van der Waals surface area contributed by atoms with E-state index in [1.54, 1.807) is 31.3 Å². The van der Waals surface area contributed by atoms with Crippen molar-refractivity contribution in [3.05, 3.63) is 99.6 Å². The number of nitro benzene ring substituents is 1. The van der Waals surface area contributed by atoms with Gasteiger partial charge in [0.15, 0.2) is 0 Å². The predicted octanol–water partition coefficient (Wildman–Crippen LogP) is 4.30. The lowest BCUT2D eigenvalue weighted by molar-refractivity contribution is -0.384. The highest BCUT2D eigenvalue weighted by Gasteiger charge is 2.22. The molecule has 2 atom stereocenters. The average molecular weight is 419 g/mol. The second kappa shape index (κ2) is 9.45. The molecule has 2 unspecified atom stereocenters. The maximum atomic E-state index is 14.0. The quantitative estimate of drug-likeness (QED) is 0.435. The van der Waals surface area contributed by atoms with Crippen molar-refractivity contribution in [1.82, 2.24) is 10.3 Å². The molecule has 1 amide bonds. The fraction of sp³-hybridized carbons (Fsp3) is 0.136. The minimum Gasteiger partial charge on any atom is -0.371 e. The Morgan fingerprint density at radius 3 is 2.58 bits per heavy atom. The zero-order chi connectivity index (χ0) is 22.4. The molecule has 156 valence electrons. The lowest BCUT2D eigenvalue weighted by Gasteiger charge is -2.16. The summed E-state index contributed by atoms with van der Waals surface area (Å²) < 4.78 is 14.0. The molecule has 0 aliphatic heterocycles. The highest BCUT2D eigenvalue weighted by molar-refractivity contribution is 5.96. The number of anilines is 1. The molecule has 2 N–H and O–H groups in total. The summed E-state index contributed by atoms with van der Waals surface area (Å²) in [5, 5.41) is 26.3. The lowest BCUT2D eigenvalue weighted by atomic mass is 10.1. The van der Waals surface area contributed by atoms with Gasteiger partial charge in [0.2, 0.25) is 0 Å². The van der Waals surface area contributed by atoms with Crippen molar-refractivity contribution in [2.45, 2.75) is 19.0 Å². The first-order valence-corrected chi connectivity index (χ1v) is 9.31. The maximum absolute atomic E-state index is 14.0. The van der Waals surface area contributed by atoms with E-state index < -0.39 is 22.7 Å². The summed E-state index contributed by atoms with van der Waals surface area (Å²) in [6, 6.07) is 15.1. The molecule has 0 fully saturated rings. The Bertz CT molecular complexity index is 1150. The highest BCUT2D eigenvalue weighted by Crippen LogP contribution is 2.29. The van der Waals surface area contributed by atoms with Crippen LogP contribution in [0.4, 0.5) is 15.8 Å². The molecule has 9 heteroatoms. The number of hydrogen-bond donors (Lipinski definition) is 2. The Hall–Kier alpha value is -4.32. The standard InChI is InChI=1S/C22H18FN5O3/c1-14(18-8-4-5-11-25-18)26-19-10-9-15(12-21(19)28(30)31)22(29)27-20(13-24)16-6-2-3-7-17(16)23/h2-12,14,20,26H,1H3,(H,27,29). The molecule has 31 heavy (non-hydrogen) atoms. The van der Waals surface area contributed by atoms with Crippen LogP contribution in [0.2, 0.25) is 0 Å². The van der Waals surface area contributed by atoms with Gasteiger partial charge in [-0.3, -0.25) is 19.9 Å². The number of carbonyl (C=O) groups is 1. The van der Waals surface area contributed by atoms with Gasteiger partial charge in [-0.05, 0) is 37.3 Å². The van der Waals surface area contributed by atoms with Crippen molar-refractivity contribution in [3.8, 4) is 6.07 Å². The van der Waals surface area contributed by atoms with Gasteiger partial charge in [-0.1, -0.05) is 24.3 Å². The predicted molar refractivity (Wildman–Crippen MR) is 112 cm³/mol. The van der Waals surface area contributed by atoms with Crippen LogP contribution in [-0.2, 0) is 0 Å². The minimum absolute atomic E-state index is 0.00956. The molecule has 0 spiro atoms. The number of carbonyl (C=O) groups excluding carboxylic acids is 1. The van der Waals surface area contributed by atoms with Crippen molar-refractivity contribution >= 4 is 17.3 Å². The van der Waals surface area contributed by atoms with Crippen molar-refractivity contribution in [2.75, 3.05) is 5.32 Å². The molecule has 0 aliphatic carbocycles. The van der Waals surface area contributed by atoms with Crippen molar-refractivity contribution in [3.63, 3.8) is 0 Å². The van der Waals surface area contributed by atoms with E-state index in [1.165, 1.54) is 30.3 Å². The van der Waals surface area contributed by atoms with Gasteiger partial charge in [0.05, 0.1) is 22.7 Å². The van der Waals surface area contributed by atoms with Crippen LogP contribution in [0.25, 0.3) is 0 Å².